The lowest BCUT2D eigenvalue weighted by Crippen LogP contribution is -2.41. The van der Waals surface area contributed by atoms with Gasteiger partial charge < -0.3 is 15.5 Å². The summed E-state index contributed by atoms with van der Waals surface area (Å²) in [7, 11) is 6.04. The predicted octanol–water partition coefficient (Wildman–Crippen LogP) is 2.32. The third-order valence-corrected chi connectivity index (χ3v) is 3.98. The van der Waals surface area contributed by atoms with E-state index in [1.807, 2.05) is 7.05 Å². The highest BCUT2D eigenvalue weighted by Crippen LogP contribution is 2.22. The SMILES string of the molecule is CCCCNC(=NC)NCC(c1cccs1)N(C)C. The van der Waals surface area contributed by atoms with Crippen molar-refractivity contribution < 1.29 is 0 Å². The second-order valence-corrected chi connectivity index (χ2v) is 5.71. The van der Waals surface area contributed by atoms with E-state index in [0.717, 1.165) is 19.0 Å². The van der Waals surface area contributed by atoms with Gasteiger partial charge in [0, 0.05) is 25.0 Å². The molecule has 0 saturated carbocycles. The number of rotatable bonds is 7. The van der Waals surface area contributed by atoms with Crippen molar-refractivity contribution in [3.63, 3.8) is 0 Å². The van der Waals surface area contributed by atoms with Crippen molar-refractivity contribution in [3.8, 4) is 0 Å². The Labute approximate surface area is 120 Å². The van der Waals surface area contributed by atoms with Crippen LogP contribution in [0.2, 0.25) is 0 Å². The highest BCUT2D eigenvalue weighted by molar-refractivity contribution is 7.10. The summed E-state index contributed by atoms with van der Waals surface area (Å²) in [6, 6.07) is 4.67. The van der Waals surface area contributed by atoms with Crippen LogP contribution >= 0.6 is 11.3 Å². The fourth-order valence-electron chi connectivity index (χ4n) is 1.82. The Kier molecular flexibility index (Phi) is 7.52. The number of hydrogen-bond donors (Lipinski definition) is 2. The van der Waals surface area contributed by atoms with Gasteiger partial charge in [0.25, 0.3) is 0 Å². The number of nitrogens with zero attached hydrogens (tertiary/aromatic N) is 2. The summed E-state index contributed by atoms with van der Waals surface area (Å²) in [4.78, 5) is 7.86. The Morgan fingerprint density at radius 2 is 2.21 bits per heavy atom. The molecule has 4 nitrogen and oxygen atoms in total. The minimum absolute atomic E-state index is 0.379. The molecule has 2 N–H and O–H groups in total. The van der Waals surface area contributed by atoms with Gasteiger partial charge in [-0.2, -0.15) is 0 Å². The van der Waals surface area contributed by atoms with Gasteiger partial charge in [0.2, 0.25) is 0 Å². The lowest BCUT2D eigenvalue weighted by Gasteiger charge is -2.24. The van der Waals surface area contributed by atoms with Crippen LogP contribution in [0.4, 0.5) is 0 Å². The fraction of sp³-hybridized carbons (Fsp3) is 0.643. The largest absolute Gasteiger partial charge is 0.356 e. The minimum atomic E-state index is 0.379. The van der Waals surface area contributed by atoms with E-state index in [4.69, 9.17) is 0 Å². The molecule has 0 bridgehead atoms. The Morgan fingerprint density at radius 3 is 2.74 bits per heavy atom. The van der Waals surface area contributed by atoms with Gasteiger partial charge in [-0.05, 0) is 32.0 Å². The third kappa shape index (κ3) is 5.61. The molecule has 0 saturated heterocycles. The van der Waals surface area contributed by atoms with Crippen LogP contribution in [-0.2, 0) is 0 Å². The van der Waals surface area contributed by atoms with Gasteiger partial charge >= 0.3 is 0 Å². The van der Waals surface area contributed by atoms with Gasteiger partial charge in [-0.1, -0.05) is 19.4 Å². The van der Waals surface area contributed by atoms with Gasteiger partial charge in [-0.25, -0.2) is 0 Å². The van der Waals surface area contributed by atoms with Gasteiger partial charge in [-0.3, -0.25) is 4.99 Å². The summed E-state index contributed by atoms with van der Waals surface area (Å²) >= 11 is 1.80. The smallest absolute Gasteiger partial charge is 0.191 e. The van der Waals surface area contributed by atoms with E-state index in [0.29, 0.717) is 6.04 Å². The molecule has 0 radical (unpaired) electrons. The molecule has 0 amide bonds. The van der Waals surface area contributed by atoms with Gasteiger partial charge in [0.05, 0.1) is 6.04 Å². The minimum Gasteiger partial charge on any atom is -0.356 e. The molecule has 0 aliphatic heterocycles. The fourth-order valence-corrected chi connectivity index (χ4v) is 2.74. The first-order valence-corrected chi connectivity index (χ1v) is 7.71. The van der Waals surface area contributed by atoms with Crippen LogP contribution in [0, 0.1) is 0 Å². The van der Waals surface area contributed by atoms with Crippen LogP contribution in [0.15, 0.2) is 22.5 Å². The summed E-state index contributed by atoms with van der Waals surface area (Å²) in [6.45, 7) is 4.03. The molecular weight excluding hydrogens is 256 g/mol. The molecule has 5 heteroatoms. The average molecular weight is 282 g/mol. The number of nitrogens with one attached hydrogen (secondary N) is 2. The lowest BCUT2D eigenvalue weighted by molar-refractivity contribution is 0.302. The number of unbranched alkanes of at least 4 members (excludes halogenated alkanes) is 1. The summed E-state index contributed by atoms with van der Waals surface area (Å²) in [6.07, 6.45) is 2.36. The van der Waals surface area contributed by atoms with Crippen molar-refractivity contribution in [2.75, 3.05) is 34.2 Å². The highest BCUT2D eigenvalue weighted by atomic mass is 32.1. The lowest BCUT2D eigenvalue weighted by atomic mass is 10.2. The summed E-state index contributed by atoms with van der Waals surface area (Å²) in [5.41, 5.74) is 0. The second kappa shape index (κ2) is 8.93. The highest BCUT2D eigenvalue weighted by Gasteiger charge is 2.15. The quantitative estimate of drug-likeness (QED) is 0.458. The zero-order valence-corrected chi connectivity index (χ0v) is 13.3. The van der Waals surface area contributed by atoms with E-state index < -0.39 is 0 Å². The Morgan fingerprint density at radius 1 is 1.42 bits per heavy atom. The maximum absolute atomic E-state index is 4.25. The van der Waals surface area contributed by atoms with E-state index in [9.17, 15) is 0 Å². The molecule has 1 rings (SSSR count). The molecule has 108 valence electrons. The Bertz CT molecular complexity index is 360. The Balaban J connectivity index is 2.47. The zero-order valence-electron chi connectivity index (χ0n) is 12.4. The van der Waals surface area contributed by atoms with Gasteiger partial charge in [0.1, 0.15) is 0 Å². The average Bonchev–Trinajstić information content (AvgIpc) is 2.90. The molecular formula is C14H26N4S. The molecule has 0 spiro atoms. The number of thiophene rings is 1. The van der Waals surface area contributed by atoms with E-state index in [2.05, 4.69) is 59.1 Å². The number of guanidine groups is 1. The first kappa shape index (κ1) is 16.0. The number of aliphatic imine (C=N–C) groups is 1. The summed E-state index contributed by atoms with van der Waals surface area (Å²) in [5.74, 6) is 0.886. The van der Waals surface area contributed by atoms with E-state index >= 15 is 0 Å². The molecule has 1 aromatic heterocycles. The van der Waals surface area contributed by atoms with Crippen LogP contribution in [0.5, 0.6) is 0 Å². The van der Waals surface area contributed by atoms with Crippen molar-refractivity contribution in [2.24, 2.45) is 4.99 Å². The van der Waals surface area contributed by atoms with E-state index in [1.54, 1.807) is 11.3 Å². The molecule has 1 heterocycles. The molecule has 0 aliphatic carbocycles. The number of hydrogen-bond acceptors (Lipinski definition) is 3. The van der Waals surface area contributed by atoms with Crippen molar-refractivity contribution in [1.29, 1.82) is 0 Å². The Hall–Kier alpha value is -1.07. The third-order valence-electron chi connectivity index (χ3n) is 3.00. The van der Waals surface area contributed by atoms with Crippen LogP contribution in [0.3, 0.4) is 0 Å². The molecule has 1 atom stereocenters. The first-order valence-electron chi connectivity index (χ1n) is 6.83. The molecule has 1 unspecified atom stereocenters. The van der Waals surface area contributed by atoms with E-state index in [1.165, 1.54) is 17.7 Å². The van der Waals surface area contributed by atoms with Gasteiger partial charge in [0.15, 0.2) is 5.96 Å². The van der Waals surface area contributed by atoms with Crippen LogP contribution in [0.25, 0.3) is 0 Å². The molecule has 19 heavy (non-hydrogen) atoms. The van der Waals surface area contributed by atoms with Crippen molar-refractivity contribution in [2.45, 2.75) is 25.8 Å². The summed E-state index contributed by atoms with van der Waals surface area (Å²) < 4.78 is 0. The topological polar surface area (TPSA) is 39.7 Å². The molecule has 0 aromatic carbocycles. The maximum atomic E-state index is 4.25. The maximum Gasteiger partial charge on any atom is 0.191 e. The standard InChI is InChI=1S/C14H26N4S/c1-5-6-9-16-14(15-2)17-11-12(18(3)4)13-8-7-10-19-13/h7-8,10,12H,5-6,9,11H2,1-4H3,(H2,15,16,17). The number of likely N-dealkylation sites (N-methyl/N-ethyl adjacent to an activating group) is 1. The monoisotopic (exact) mass is 282 g/mol. The van der Waals surface area contributed by atoms with Crippen LogP contribution in [0.1, 0.15) is 30.7 Å². The predicted molar refractivity (Wildman–Crippen MR) is 85.0 cm³/mol. The zero-order chi connectivity index (χ0) is 14.1. The van der Waals surface area contributed by atoms with Crippen LogP contribution < -0.4 is 10.6 Å². The molecule has 0 aliphatic rings. The molecule has 0 fully saturated rings. The van der Waals surface area contributed by atoms with Crippen molar-refractivity contribution in [3.05, 3.63) is 22.4 Å². The van der Waals surface area contributed by atoms with Crippen LogP contribution in [-0.4, -0.2) is 45.1 Å². The van der Waals surface area contributed by atoms with Gasteiger partial charge in [-0.15, -0.1) is 11.3 Å². The summed E-state index contributed by atoms with van der Waals surface area (Å²) in [5, 5.41) is 8.86. The normalized spacial score (nSPS) is 13.6. The van der Waals surface area contributed by atoms with E-state index in [-0.39, 0.29) is 0 Å². The van der Waals surface area contributed by atoms with Crippen molar-refractivity contribution in [1.82, 2.24) is 15.5 Å². The van der Waals surface area contributed by atoms with Crippen molar-refractivity contribution >= 4 is 17.3 Å². The first-order chi connectivity index (χ1) is 9.19. The second-order valence-electron chi connectivity index (χ2n) is 4.73. The molecule has 1 aromatic rings.